The molecule has 3 aromatic rings. The van der Waals surface area contributed by atoms with E-state index in [-0.39, 0.29) is 17.3 Å². The van der Waals surface area contributed by atoms with Gasteiger partial charge in [-0.3, -0.25) is 9.69 Å². The zero-order valence-electron chi connectivity index (χ0n) is 17.5. The summed E-state index contributed by atoms with van der Waals surface area (Å²) < 4.78 is 6.04. The highest BCUT2D eigenvalue weighted by molar-refractivity contribution is 6.00. The van der Waals surface area contributed by atoms with Crippen LogP contribution in [0.1, 0.15) is 48.1 Å². The Morgan fingerprint density at radius 3 is 2.53 bits per heavy atom. The highest BCUT2D eigenvalue weighted by Gasteiger charge is 2.25. The topological polar surface area (TPSA) is 140 Å². The first-order chi connectivity index (χ1) is 14.4. The molecular formula is C19H25N9O2. The molecule has 1 amide bonds. The molecule has 0 unspecified atom stereocenters. The lowest BCUT2D eigenvalue weighted by Gasteiger charge is -2.18. The number of carbonyl (C=O) groups excluding carboxylic acids is 1. The number of rotatable bonds is 8. The summed E-state index contributed by atoms with van der Waals surface area (Å²) in [6, 6.07) is 7.87. The quantitative estimate of drug-likeness (QED) is 0.420. The number of anilines is 1. The second kappa shape index (κ2) is 9.27. The minimum atomic E-state index is -0.482. The van der Waals surface area contributed by atoms with Gasteiger partial charge in [0.2, 0.25) is 11.6 Å². The fourth-order valence-electron chi connectivity index (χ4n) is 2.83. The number of carbonyl (C=O) groups is 1. The van der Waals surface area contributed by atoms with Gasteiger partial charge in [0.05, 0.1) is 11.4 Å². The minimum absolute atomic E-state index is 0.0564. The largest absolute Gasteiger partial charge is 0.378 e. The summed E-state index contributed by atoms with van der Waals surface area (Å²) in [5.74, 6) is -0.242. The maximum absolute atomic E-state index is 12.8. The molecule has 0 bridgehead atoms. The minimum Gasteiger partial charge on any atom is -0.378 e. The smallest absolute Gasteiger partial charge is 0.293 e. The van der Waals surface area contributed by atoms with Gasteiger partial charge in [0.1, 0.15) is 0 Å². The molecule has 0 aliphatic rings. The van der Waals surface area contributed by atoms with Crippen molar-refractivity contribution in [3.05, 3.63) is 46.8 Å². The van der Waals surface area contributed by atoms with Crippen molar-refractivity contribution in [2.75, 3.05) is 18.8 Å². The van der Waals surface area contributed by atoms with E-state index in [1.54, 1.807) is 0 Å². The van der Waals surface area contributed by atoms with Crippen molar-refractivity contribution in [2.45, 2.75) is 34.2 Å². The standard InChI is InChI=1S/C19H25N9O2/c1-5-27(6-2)11-15-16(22-26-28(15)18-17(20)24-30-25-18)19(29)23-21-13(4)14-9-7-12(3)8-10-14/h7-10H,5-6,11H2,1-4H3,(H2,20,24)(H,23,29)/b21-13+. The molecule has 3 N–H and O–H groups in total. The fraction of sp³-hybridized carbons (Fsp3) is 0.368. The molecule has 11 nitrogen and oxygen atoms in total. The molecule has 0 fully saturated rings. The van der Waals surface area contributed by atoms with E-state index in [4.69, 9.17) is 5.73 Å². The summed E-state index contributed by atoms with van der Waals surface area (Å²) in [7, 11) is 0. The van der Waals surface area contributed by atoms with E-state index < -0.39 is 5.91 Å². The molecule has 0 spiro atoms. The third-order valence-corrected chi connectivity index (χ3v) is 4.74. The van der Waals surface area contributed by atoms with Gasteiger partial charge in [0.25, 0.3) is 5.91 Å². The van der Waals surface area contributed by atoms with Crippen molar-refractivity contribution in [1.82, 2.24) is 35.6 Å². The molecule has 11 heteroatoms. The molecule has 0 aliphatic carbocycles. The van der Waals surface area contributed by atoms with Gasteiger partial charge in [-0.15, -0.1) is 5.10 Å². The number of nitrogens with two attached hydrogens (primary N) is 1. The Hall–Kier alpha value is -3.60. The number of amides is 1. The number of hydrazone groups is 1. The molecule has 30 heavy (non-hydrogen) atoms. The predicted molar refractivity (Wildman–Crippen MR) is 111 cm³/mol. The Kier molecular flexibility index (Phi) is 6.52. The van der Waals surface area contributed by atoms with E-state index in [1.165, 1.54) is 4.68 Å². The average Bonchev–Trinajstić information content (AvgIpc) is 3.35. The Balaban J connectivity index is 1.89. The van der Waals surface area contributed by atoms with Crippen LogP contribution in [-0.4, -0.2) is 54.9 Å². The fourth-order valence-corrected chi connectivity index (χ4v) is 2.83. The maximum atomic E-state index is 12.8. The van der Waals surface area contributed by atoms with Crippen LogP contribution in [0.4, 0.5) is 5.82 Å². The highest BCUT2D eigenvalue weighted by Crippen LogP contribution is 2.17. The van der Waals surface area contributed by atoms with E-state index in [0.29, 0.717) is 18.0 Å². The molecule has 3 rings (SSSR count). The first-order valence-corrected chi connectivity index (χ1v) is 9.61. The van der Waals surface area contributed by atoms with Crippen molar-refractivity contribution in [1.29, 1.82) is 0 Å². The molecule has 0 aliphatic heterocycles. The molecule has 0 atom stereocenters. The van der Waals surface area contributed by atoms with E-state index in [0.717, 1.165) is 24.2 Å². The van der Waals surface area contributed by atoms with Gasteiger partial charge < -0.3 is 5.73 Å². The van der Waals surface area contributed by atoms with Crippen LogP contribution < -0.4 is 11.2 Å². The number of nitrogen functional groups attached to an aromatic ring is 1. The van der Waals surface area contributed by atoms with E-state index in [2.05, 4.69) is 40.7 Å². The lowest BCUT2D eigenvalue weighted by molar-refractivity contribution is 0.0947. The predicted octanol–water partition coefficient (Wildman–Crippen LogP) is 1.54. The molecule has 1 aromatic carbocycles. The van der Waals surface area contributed by atoms with E-state index in [9.17, 15) is 4.79 Å². The number of hydrogen-bond acceptors (Lipinski definition) is 9. The van der Waals surface area contributed by atoms with Gasteiger partial charge in [-0.1, -0.05) is 48.9 Å². The zero-order valence-corrected chi connectivity index (χ0v) is 17.5. The summed E-state index contributed by atoms with van der Waals surface area (Å²) in [4.78, 5) is 14.9. The number of benzene rings is 1. The third kappa shape index (κ3) is 4.51. The first kappa shape index (κ1) is 21.1. The van der Waals surface area contributed by atoms with Crippen LogP contribution in [0.5, 0.6) is 0 Å². The Morgan fingerprint density at radius 2 is 1.93 bits per heavy atom. The van der Waals surface area contributed by atoms with Crippen molar-refractivity contribution >= 4 is 17.4 Å². The van der Waals surface area contributed by atoms with Crippen LogP contribution >= 0.6 is 0 Å². The molecule has 158 valence electrons. The Labute approximate surface area is 173 Å². The van der Waals surface area contributed by atoms with Crippen molar-refractivity contribution in [3.63, 3.8) is 0 Å². The summed E-state index contributed by atoms with van der Waals surface area (Å²) in [5, 5.41) is 19.6. The van der Waals surface area contributed by atoms with Gasteiger partial charge in [-0.2, -0.15) is 9.78 Å². The normalized spacial score (nSPS) is 11.8. The zero-order chi connectivity index (χ0) is 21.7. The van der Waals surface area contributed by atoms with Gasteiger partial charge >= 0.3 is 0 Å². The summed E-state index contributed by atoms with van der Waals surface area (Å²) in [6.45, 7) is 9.85. The van der Waals surface area contributed by atoms with Crippen LogP contribution in [0.25, 0.3) is 5.82 Å². The van der Waals surface area contributed by atoms with Crippen LogP contribution in [0.2, 0.25) is 0 Å². The third-order valence-electron chi connectivity index (χ3n) is 4.74. The molecule has 0 saturated carbocycles. The van der Waals surface area contributed by atoms with Crippen molar-refractivity contribution in [3.8, 4) is 5.82 Å². The first-order valence-electron chi connectivity index (χ1n) is 9.61. The lowest BCUT2D eigenvalue weighted by Crippen LogP contribution is -2.27. The molecule has 2 aromatic heterocycles. The van der Waals surface area contributed by atoms with Crippen molar-refractivity contribution in [2.24, 2.45) is 5.10 Å². The molecule has 2 heterocycles. The second-order valence-corrected chi connectivity index (χ2v) is 6.74. The van der Waals surface area contributed by atoms with E-state index >= 15 is 0 Å². The summed E-state index contributed by atoms with van der Waals surface area (Å²) >= 11 is 0. The number of aromatic nitrogens is 5. The highest BCUT2D eigenvalue weighted by atomic mass is 16.6. The number of nitrogens with one attached hydrogen (secondary N) is 1. The average molecular weight is 411 g/mol. The van der Waals surface area contributed by atoms with Crippen LogP contribution in [0.3, 0.4) is 0 Å². The van der Waals surface area contributed by atoms with Gasteiger partial charge in [0.15, 0.2) is 5.69 Å². The monoisotopic (exact) mass is 411 g/mol. The van der Waals surface area contributed by atoms with Crippen molar-refractivity contribution < 1.29 is 9.42 Å². The van der Waals surface area contributed by atoms with E-state index in [1.807, 2.05) is 52.0 Å². The van der Waals surface area contributed by atoms with Crippen LogP contribution in [-0.2, 0) is 6.54 Å². The molecular weight excluding hydrogens is 386 g/mol. The Morgan fingerprint density at radius 1 is 1.23 bits per heavy atom. The summed E-state index contributed by atoms with van der Waals surface area (Å²) in [5.41, 5.74) is 11.7. The Bertz CT molecular complexity index is 1030. The number of nitrogens with zero attached hydrogens (tertiary/aromatic N) is 7. The second-order valence-electron chi connectivity index (χ2n) is 6.74. The molecule has 0 saturated heterocycles. The SMILES string of the molecule is CCN(CC)Cc1c(C(=O)N/N=C(\C)c2ccc(C)cc2)nnn1-c1nonc1N. The van der Waals surface area contributed by atoms with Gasteiger partial charge in [-0.05, 0) is 42.8 Å². The summed E-state index contributed by atoms with van der Waals surface area (Å²) in [6.07, 6.45) is 0. The lowest BCUT2D eigenvalue weighted by atomic mass is 10.1. The van der Waals surface area contributed by atoms with Crippen LogP contribution in [0.15, 0.2) is 34.0 Å². The van der Waals surface area contributed by atoms with Crippen LogP contribution in [0, 0.1) is 6.92 Å². The van der Waals surface area contributed by atoms with Gasteiger partial charge in [-0.25, -0.2) is 10.1 Å². The molecule has 0 radical (unpaired) electrons. The number of hydrogen-bond donors (Lipinski definition) is 2. The van der Waals surface area contributed by atoms with Gasteiger partial charge in [0, 0.05) is 6.54 Å². The number of aryl methyl sites for hydroxylation is 1. The maximum Gasteiger partial charge on any atom is 0.293 e.